The fourth-order valence-electron chi connectivity index (χ4n) is 3.62. The lowest BCUT2D eigenvalue weighted by atomic mass is 10.0. The van der Waals surface area contributed by atoms with Crippen molar-refractivity contribution in [3.05, 3.63) is 45.9 Å². The molecule has 0 spiro atoms. The first-order valence-electron chi connectivity index (χ1n) is 9.51. The number of aryl methyl sites for hydroxylation is 3. The molecule has 0 saturated carbocycles. The van der Waals surface area contributed by atoms with E-state index in [1.54, 1.807) is 16.0 Å². The van der Waals surface area contributed by atoms with Gasteiger partial charge in [0.2, 0.25) is 0 Å². The molecule has 148 valence electrons. The standard InChI is InChI=1S/C20H25N5O2S/c1-13-8-17(14(2)27-13)20(26)22-16-4-6-25(7-5-16)11-19-23-18(12-28-19)15-9-21-24(3)10-15/h8-10,12,16H,4-7,11H2,1-3H3,(H,22,26). The van der Waals surface area contributed by atoms with E-state index >= 15 is 0 Å². The third-order valence-corrected chi connectivity index (χ3v) is 5.95. The maximum atomic E-state index is 12.5. The number of piperidine rings is 1. The molecule has 4 heterocycles. The second-order valence-corrected chi connectivity index (χ2v) is 8.32. The maximum absolute atomic E-state index is 12.5. The number of nitrogens with one attached hydrogen (secondary N) is 1. The molecule has 0 aliphatic carbocycles. The first kappa shape index (κ1) is 18.9. The highest BCUT2D eigenvalue weighted by atomic mass is 32.1. The fourth-order valence-corrected chi connectivity index (χ4v) is 4.46. The quantitative estimate of drug-likeness (QED) is 0.713. The number of carbonyl (C=O) groups is 1. The predicted molar refractivity (Wildman–Crippen MR) is 108 cm³/mol. The molecule has 0 unspecified atom stereocenters. The van der Waals surface area contributed by atoms with Gasteiger partial charge in [0.05, 0.1) is 24.0 Å². The molecule has 7 nitrogen and oxygen atoms in total. The minimum absolute atomic E-state index is 0.0335. The zero-order valence-corrected chi connectivity index (χ0v) is 17.3. The Hall–Kier alpha value is -2.45. The molecule has 1 amide bonds. The molecule has 0 bridgehead atoms. The molecule has 1 aliphatic rings. The van der Waals surface area contributed by atoms with Gasteiger partial charge in [-0.2, -0.15) is 5.10 Å². The summed E-state index contributed by atoms with van der Waals surface area (Å²) in [6.07, 6.45) is 5.72. The van der Waals surface area contributed by atoms with Crippen molar-refractivity contribution < 1.29 is 9.21 Å². The van der Waals surface area contributed by atoms with Crippen molar-refractivity contribution in [1.82, 2.24) is 25.0 Å². The number of likely N-dealkylation sites (tertiary alicyclic amines) is 1. The minimum atomic E-state index is -0.0335. The van der Waals surface area contributed by atoms with Crippen LogP contribution < -0.4 is 5.32 Å². The SMILES string of the molecule is Cc1cc(C(=O)NC2CCN(Cc3nc(-c4cnn(C)c4)cs3)CC2)c(C)o1. The van der Waals surface area contributed by atoms with E-state index in [1.165, 1.54) is 0 Å². The van der Waals surface area contributed by atoms with Gasteiger partial charge in [-0.25, -0.2) is 4.98 Å². The molecule has 4 rings (SSSR count). The van der Waals surface area contributed by atoms with Crippen LogP contribution in [0.1, 0.15) is 39.7 Å². The van der Waals surface area contributed by atoms with Crippen molar-refractivity contribution in [3.63, 3.8) is 0 Å². The minimum Gasteiger partial charge on any atom is -0.466 e. The van der Waals surface area contributed by atoms with E-state index in [0.29, 0.717) is 11.3 Å². The molecule has 28 heavy (non-hydrogen) atoms. The molecule has 0 aromatic carbocycles. The Morgan fingerprint density at radius 3 is 2.79 bits per heavy atom. The Labute approximate surface area is 168 Å². The average molecular weight is 400 g/mol. The molecule has 1 N–H and O–H groups in total. The summed E-state index contributed by atoms with van der Waals surface area (Å²) >= 11 is 1.69. The second-order valence-electron chi connectivity index (χ2n) is 7.38. The fraction of sp³-hybridized carbons (Fsp3) is 0.450. The monoisotopic (exact) mass is 399 g/mol. The number of carbonyl (C=O) groups excluding carboxylic acids is 1. The van der Waals surface area contributed by atoms with E-state index in [2.05, 4.69) is 20.7 Å². The van der Waals surface area contributed by atoms with Gasteiger partial charge in [-0.3, -0.25) is 14.4 Å². The Morgan fingerprint density at radius 1 is 1.36 bits per heavy atom. The molecule has 1 aliphatic heterocycles. The van der Waals surface area contributed by atoms with E-state index in [1.807, 2.05) is 39.4 Å². The van der Waals surface area contributed by atoms with E-state index in [9.17, 15) is 4.79 Å². The largest absolute Gasteiger partial charge is 0.466 e. The van der Waals surface area contributed by atoms with E-state index < -0.39 is 0 Å². The molecule has 3 aromatic rings. The summed E-state index contributed by atoms with van der Waals surface area (Å²) in [6.45, 7) is 6.46. The molecule has 1 fully saturated rings. The lowest BCUT2D eigenvalue weighted by molar-refractivity contribution is 0.0907. The Kier molecular flexibility index (Phi) is 5.32. The van der Waals surface area contributed by atoms with Gasteiger partial charge in [-0.15, -0.1) is 11.3 Å². The van der Waals surface area contributed by atoms with Crippen LogP contribution in [0.5, 0.6) is 0 Å². The zero-order valence-electron chi connectivity index (χ0n) is 16.4. The van der Waals surface area contributed by atoms with Crippen LogP contribution in [-0.4, -0.2) is 44.7 Å². The van der Waals surface area contributed by atoms with Gasteiger partial charge < -0.3 is 9.73 Å². The zero-order chi connectivity index (χ0) is 19.7. The summed E-state index contributed by atoms with van der Waals surface area (Å²) in [4.78, 5) is 19.6. The van der Waals surface area contributed by atoms with Gasteiger partial charge in [-0.05, 0) is 32.8 Å². The van der Waals surface area contributed by atoms with Crippen molar-refractivity contribution in [2.75, 3.05) is 13.1 Å². The third kappa shape index (κ3) is 4.18. The number of hydrogen-bond acceptors (Lipinski definition) is 6. The number of rotatable bonds is 5. The molecule has 3 aromatic heterocycles. The highest BCUT2D eigenvalue weighted by Gasteiger charge is 2.23. The second kappa shape index (κ2) is 7.89. The summed E-state index contributed by atoms with van der Waals surface area (Å²) in [5, 5.41) is 10.6. The molecule has 8 heteroatoms. The van der Waals surface area contributed by atoms with Crippen molar-refractivity contribution in [2.24, 2.45) is 7.05 Å². The third-order valence-electron chi connectivity index (χ3n) is 5.12. The van der Waals surface area contributed by atoms with Crippen molar-refractivity contribution in [1.29, 1.82) is 0 Å². The first-order chi connectivity index (χ1) is 13.5. The van der Waals surface area contributed by atoms with E-state index in [0.717, 1.165) is 54.5 Å². The van der Waals surface area contributed by atoms with Crippen LogP contribution in [0.2, 0.25) is 0 Å². The van der Waals surface area contributed by atoms with Gasteiger partial charge in [-0.1, -0.05) is 0 Å². The van der Waals surface area contributed by atoms with Gasteiger partial charge in [0, 0.05) is 43.3 Å². The van der Waals surface area contributed by atoms with Crippen LogP contribution in [0.15, 0.2) is 28.3 Å². The Bertz CT molecular complexity index is 965. The molecular formula is C20H25N5O2S. The van der Waals surface area contributed by atoms with Gasteiger partial charge >= 0.3 is 0 Å². The number of aromatic nitrogens is 3. The van der Waals surface area contributed by atoms with Crippen LogP contribution >= 0.6 is 11.3 Å². The highest BCUT2D eigenvalue weighted by molar-refractivity contribution is 7.09. The Balaban J connectivity index is 1.28. The van der Waals surface area contributed by atoms with Crippen LogP contribution in [0.4, 0.5) is 0 Å². The van der Waals surface area contributed by atoms with Gasteiger partial charge in [0.15, 0.2) is 0 Å². The number of amides is 1. The van der Waals surface area contributed by atoms with Crippen LogP contribution in [0, 0.1) is 13.8 Å². The van der Waals surface area contributed by atoms with Crippen molar-refractivity contribution >= 4 is 17.2 Å². The van der Waals surface area contributed by atoms with Crippen LogP contribution in [0.3, 0.4) is 0 Å². The molecule has 0 atom stereocenters. The number of furan rings is 1. The van der Waals surface area contributed by atoms with E-state index in [-0.39, 0.29) is 11.9 Å². The lowest BCUT2D eigenvalue weighted by Gasteiger charge is -2.31. The first-order valence-corrected chi connectivity index (χ1v) is 10.4. The van der Waals surface area contributed by atoms with Crippen LogP contribution in [0.25, 0.3) is 11.3 Å². The number of thiazole rings is 1. The summed E-state index contributed by atoms with van der Waals surface area (Å²) < 4.78 is 7.25. The van der Waals surface area contributed by atoms with Gasteiger partial charge in [0.1, 0.15) is 16.5 Å². The summed E-state index contributed by atoms with van der Waals surface area (Å²) in [6, 6.07) is 2.02. The summed E-state index contributed by atoms with van der Waals surface area (Å²) in [5.41, 5.74) is 2.68. The molecule has 1 saturated heterocycles. The van der Waals surface area contributed by atoms with E-state index in [4.69, 9.17) is 9.40 Å². The van der Waals surface area contributed by atoms with Crippen molar-refractivity contribution in [3.8, 4) is 11.3 Å². The number of hydrogen-bond donors (Lipinski definition) is 1. The topological polar surface area (TPSA) is 76.2 Å². The summed E-state index contributed by atoms with van der Waals surface area (Å²) in [5.74, 6) is 1.42. The lowest BCUT2D eigenvalue weighted by Crippen LogP contribution is -2.44. The number of nitrogens with zero attached hydrogens (tertiary/aromatic N) is 4. The van der Waals surface area contributed by atoms with Gasteiger partial charge in [0.25, 0.3) is 5.91 Å². The maximum Gasteiger partial charge on any atom is 0.255 e. The summed E-state index contributed by atoms with van der Waals surface area (Å²) in [7, 11) is 1.91. The normalized spacial score (nSPS) is 15.8. The smallest absolute Gasteiger partial charge is 0.255 e. The molecule has 0 radical (unpaired) electrons. The Morgan fingerprint density at radius 2 is 2.14 bits per heavy atom. The van der Waals surface area contributed by atoms with Crippen LogP contribution in [-0.2, 0) is 13.6 Å². The molecular weight excluding hydrogens is 374 g/mol. The van der Waals surface area contributed by atoms with Crippen molar-refractivity contribution in [2.45, 2.75) is 39.3 Å². The average Bonchev–Trinajstić information content (AvgIpc) is 3.37. The highest BCUT2D eigenvalue weighted by Crippen LogP contribution is 2.23. The predicted octanol–water partition coefficient (Wildman–Crippen LogP) is 3.15.